The van der Waals surface area contributed by atoms with E-state index in [1.807, 2.05) is 0 Å². The number of methoxy groups -OCH3 is 1. The molecule has 0 radical (unpaired) electrons. The molecule has 144 valence electrons. The first kappa shape index (κ1) is 20.3. The van der Waals surface area contributed by atoms with Crippen LogP contribution in [-0.4, -0.2) is 58.0 Å². The molecule has 0 bridgehead atoms. The van der Waals surface area contributed by atoms with Crippen LogP contribution in [0.3, 0.4) is 0 Å². The number of H-pyrrole nitrogens is 1. The van der Waals surface area contributed by atoms with Crippen molar-refractivity contribution in [1.82, 2.24) is 15.6 Å². The molecule has 0 aliphatic rings. The van der Waals surface area contributed by atoms with E-state index in [0.29, 0.717) is 13.2 Å². The Kier molecular flexibility index (Phi) is 9.00. The summed E-state index contributed by atoms with van der Waals surface area (Å²) in [6.45, 7) is 5.88. The van der Waals surface area contributed by atoms with Gasteiger partial charge < -0.3 is 25.1 Å². The summed E-state index contributed by atoms with van der Waals surface area (Å²) in [4.78, 5) is 7.70. The van der Waals surface area contributed by atoms with E-state index in [1.165, 1.54) is 22.0 Å². The van der Waals surface area contributed by atoms with Gasteiger partial charge in [0.25, 0.3) is 0 Å². The van der Waals surface area contributed by atoms with Gasteiger partial charge in [-0.3, -0.25) is 4.99 Å². The average Bonchev–Trinajstić information content (AvgIpc) is 3.09. The largest absolute Gasteiger partial charge is 0.382 e. The van der Waals surface area contributed by atoms with Crippen LogP contribution in [0.15, 0.2) is 29.4 Å². The fraction of sp³-hybridized carbons (Fsp3) is 0.550. The van der Waals surface area contributed by atoms with E-state index < -0.39 is 0 Å². The lowest BCUT2D eigenvalue weighted by Gasteiger charge is -2.12. The molecule has 1 aromatic carbocycles. The van der Waals surface area contributed by atoms with Crippen LogP contribution in [0.25, 0.3) is 10.9 Å². The Morgan fingerprint density at radius 3 is 2.73 bits per heavy atom. The van der Waals surface area contributed by atoms with E-state index in [9.17, 15) is 0 Å². The van der Waals surface area contributed by atoms with Crippen LogP contribution in [0, 0.1) is 0 Å². The number of hydrogen-bond acceptors (Lipinski definition) is 3. The minimum absolute atomic E-state index is 0.643. The number of fused-ring (bicyclic) bond motifs is 1. The summed E-state index contributed by atoms with van der Waals surface area (Å²) in [6.07, 6.45) is 5.06. The molecule has 0 amide bonds. The van der Waals surface area contributed by atoms with Crippen LogP contribution in [0.4, 0.5) is 0 Å². The van der Waals surface area contributed by atoms with Crippen molar-refractivity contribution in [3.05, 3.63) is 35.5 Å². The normalized spacial score (nSPS) is 11.9. The molecule has 0 atom stereocenters. The molecule has 0 aliphatic carbocycles. The molecule has 1 heterocycles. The van der Waals surface area contributed by atoms with Crippen LogP contribution >= 0.6 is 0 Å². The summed E-state index contributed by atoms with van der Waals surface area (Å²) < 4.78 is 10.4. The minimum atomic E-state index is 0.643. The Labute approximate surface area is 156 Å². The zero-order valence-electron chi connectivity index (χ0n) is 16.2. The topological polar surface area (TPSA) is 70.7 Å². The average molecular weight is 361 g/mol. The van der Waals surface area contributed by atoms with Crippen molar-refractivity contribution >= 4 is 16.9 Å². The molecule has 6 heteroatoms. The molecule has 0 fully saturated rings. The number of aliphatic imine (C=N–C) groups is 1. The fourth-order valence-electron chi connectivity index (χ4n) is 2.94. The smallest absolute Gasteiger partial charge is 0.190 e. The lowest BCUT2D eigenvalue weighted by molar-refractivity contribution is 0.0698. The molecular formula is C20H32N4O2. The highest BCUT2D eigenvalue weighted by Gasteiger charge is 2.06. The highest BCUT2D eigenvalue weighted by molar-refractivity contribution is 5.86. The molecule has 0 aliphatic heterocycles. The predicted octanol–water partition coefficient (Wildman–Crippen LogP) is 2.49. The van der Waals surface area contributed by atoms with Crippen molar-refractivity contribution in [1.29, 1.82) is 0 Å². The van der Waals surface area contributed by atoms with Crippen molar-refractivity contribution < 1.29 is 9.47 Å². The maximum atomic E-state index is 5.45. The highest BCUT2D eigenvalue weighted by atomic mass is 16.5. The zero-order chi connectivity index (χ0) is 18.6. The number of aromatic nitrogens is 1. The van der Waals surface area contributed by atoms with Crippen LogP contribution in [-0.2, 0) is 22.3 Å². The number of nitrogens with one attached hydrogen (secondary N) is 3. The van der Waals surface area contributed by atoms with Crippen molar-refractivity contribution in [2.75, 3.05) is 47.1 Å². The van der Waals surface area contributed by atoms with Gasteiger partial charge in [0.1, 0.15) is 0 Å². The zero-order valence-corrected chi connectivity index (χ0v) is 16.2. The van der Waals surface area contributed by atoms with Crippen LogP contribution < -0.4 is 10.6 Å². The van der Waals surface area contributed by atoms with Gasteiger partial charge in [-0.15, -0.1) is 0 Å². The Bertz CT molecular complexity index is 682. The lowest BCUT2D eigenvalue weighted by atomic mass is 10.1. The number of rotatable bonds is 11. The summed E-state index contributed by atoms with van der Waals surface area (Å²) in [5, 5.41) is 8.01. The predicted molar refractivity (Wildman–Crippen MR) is 108 cm³/mol. The van der Waals surface area contributed by atoms with E-state index in [2.05, 4.69) is 51.9 Å². The van der Waals surface area contributed by atoms with Gasteiger partial charge in [0, 0.05) is 51.0 Å². The maximum absolute atomic E-state index is 5.45. The van der Waals surface area contributed by atoms with Gasteiger partial charge in [-0.05, 0) is 30.4 Å². The fourth-order valence-corrected chi connectivity index (χ4v) is 2.94. The van der Waals surface area contributed by atoms with Gasteiger partial charge in [0.2, 0.25) is 0 Å². The second-order valence-electron chi connectivity index (χ2n) is 6.14. The standard InChI is InChI=1S/C20H32N4O2/c1-4-16-7-5-8-18-17(15-24-19(16)18)9-11-23-20(21-2)22-10-6-12-26-14-13-25-3/h5,7-8,15,24H,4,6,9-14H2,1-3H3,(H2,21,22,23). The van der Waals surface area contributed by atoms with Crippen LogP contribution in [0.2, 0.25) is 0 Å². The molecule has 3 N–H and O–H groups in total. The van der Waals surface area contributed by atoms with Gasteiger partial charge in [-0.2, -0.15) is 0 Å². The van der Waals surface area contributed by atoms with Gasteiger partial charge in [-0.25, -0.2) is 0 Å². The third-order valence-corrected chi connectivity index (χ3v) is 4.37. The van der Waals surface area contributed by atoms with E-state index in [0.717, 1.165) is 44.9 Å². The van der Waals surface area contributed by atoms with Gasteiger partial charge >= 0.3 is 0 Å². The van der Waals surface area contributed by atoms with Crippen molar-refractivity contribution in [2.24, 2.45) is 4.99 Å². The number of ether oxygens (including phenoxy) is 2. The van der Waals surface area contributed by atoms with Gasteiger partial charge in [0.15, 0.2) is 5.96 Å². The van der Waals surface area contributed by atoms with E-state index in [4.69, 9.17) is 9.47 Å². The Morgan fingerprint density at radius 2 is 1.96 bits per heavy atom. The monoisotopic (exact) mass is 360 g/mol. The van der Waals surface area contributed by atoms with Crippen molar-refractivity contribution in [3.8, 4) is 0 Å². The summed E-state index contributed by atoms with van der Waals surface area (Å²) in [5.74, 6) is 0.830. The number of para-hydroxylation sites is 1. The number of aromatic amines is 1. The molecular weight excluding hydrogens is 328 g/mol. The minimum Gasteiger partial charge on any atom is -0.382 e. The highest BCUT2D eigenvalue weighted by Crippen LogP contribution is 2.22. The number of hydrogen-bond donors (Lipinski definition) is 3. The Morgan fingerprint density at radius 1 is 1.12 bits per heavy atom. The van der Waals surface area contributed by atoms with Crippen LogP contribution in [0.1, 0.15) is 24.5 Å². The van der Waals surface area contributed by atoms with Crippen LogP contribution in [0.5, 0.6) is 0 Å². The number of nitrogens with zero attached hydrogens (tertiary/aromatic N) is 1. The molecule has 1 aromatic heterocycles. The van der Waals surface area contributed by atoms with Gasteiger partial charge in [-0.1, -0.05) is 25.1 Å². The summed E-state index contributed by atoms with van der Waals surface area (Å²) >= 11 is 0. The molecule has 0 saturated heterocycles. The Balaban J connectivity index is 1.71. The molecule has 0 saturated carbocycles. The second-order valence-corrected chi connectivity index (χ2v) is 6.14. The summed E-state index contributed by atoms with van der Waals surface area (Å²) in [7, 11) is 3.48. The Hall–Kier alpha value is -2.05. The molecule has 2 rings (SSSR count). The molecule has 2 aromatic rings. The third kappa shape index (κ3) is 6.04. The lowest BCUT2D eigenvalue weighted by Crippen LogP contribution is -2.39. The van der Waals surface area contributed by atoms with Crippen molar-refractivity contribution in [3.63, 3.8) is 0 Å². The molecule has 0 unspecified atom stereocenters. The first-order chi connectivity index (χ1) is 12.8. The van der Waals surface area contributed by atoms with E-state index >= 15 is 0 Å². The second kappa shape index (κ2) is 11.5. The molecule has 26 heavy (non-hydrogen) atoms. The first-order valence-corrected chi connectivity index (χ1v) is 9.39. The SMILES string of the molecule is CCc1cccc2c(CCNC(=NC)NCCCOCCOC)c[nH]c12. The number of benzene rings is 1. The number of guanidine groups is 1. The summed E-state index contributed by atoms with van der Waals surface area (Å²) in [5.41, 5.74) is 3.97. The van der Waals surface area contributed by atoms with Crippen molar-refractivity contribution in [2.45, 2.75) is 26.2 Å². The molecule has 0 spiro atoms. The van der Waals surface area contributed by atoms with E-state index in [-0.39, 0.29) is 0 Å². The summed E-state index contributed by atoms with van der Waals surface area (Å²) in [6, 6.07) is 6.52. The number of aryl methyl sites for hydroxylation is 1. The van der Waals surface area contributed by atoms with E-state index in [1.54, 1.807) is 14.2 Å². The maximum Gasteiger partial charge on any atom is 0.190 e. The molecule has 6 nitrogen and oxygen atoms in total. The quantitative estimate of drug-likeness (QED) is 0.327. The third-order valence-electron chi connectivity index (χ3n) is 4.37. The van der Waals surface area contributed by atoms with Gasteiger partial charge in [0.05, 0.1) is 13.2 Å². The first-order valence-electron chi connectivity index (χ1n) is 9.39.